The minimum absolute atomic E-state index is 0.0586. The van der Waals surface area contributed by atoms with Crippen LogP contribution in [0, 0.1) is 6.92 Å². The molecule has 0 bridgehead atoms. The van der Waals surface area contributed by atoms with Crippen molar-refractivity contribution >= 4 is 0 Å². The molecule has 0 aliphatic heterocycles. The fourth-order valence-electron chi connectivity index (χ4n) is 2.01. The summed E-state index contributed by atoms with van der Waals surface area (Å²) in [6.07, 6.45) is 0.0586. The molecule has 1 aromatic carbocycles. The summed E-state index contributed by atoms with van der Waals surface area (Å²) in [6, 6.07) is 6.41. The molecule has 4 heteroatoms. The minimum atomic E-state index is 0.0586. The lowest BCUT2D eigenvalue weighted by Gasteiger charge is -2.21. The third-order valence-electron chi connectivity index (χ3n) is 3.19. The highest BCUT2D eigenvalue weighted by Gasteiger charge is 2.14. The van der Waals surface area contributed by atoms with Gasteiger partial charge in [-0.25, -0.2) is 0 Å². The summed E-state index contributed by atoms with van der Waals surface area (Å²) in [4.78, 5) is 0. The van der Waals surface area contributed by atoms with Crippen molar-refractivity contribution in [1.29, 1.82) is 0 Å². The van der Waals surface area contributed by atoms with E-state index in [9.17, 15) is 0 Å². The molecule has 0 aromatic heterocycles. The molecule has 2 atom stereocenters. The van der Waals surface area contributed by atoms with Crippen LogP contribution in [0.1, 0.15) is 24.1 Å². The smallest absolute Gasteiger partial charge is 0.123 e. The Morgan fingerprint density at radius 2 is 1.95 bits per heavy atom. The average Bonchev–Trinajstić information content (AvgIpc) is 2.43. The van der Waals surface area contributed by atoms with Gasteiger partial charge in [0.05, 0.1) is 19.8 Å². The molecular weight excluding hydrogens is 242 g/mol. The Bertz CT molecular complexity index is 382. The number of ether oxygens (including phenoxy) is 3. The maximum Gasteiger partial charge on any atom is 0.123 e. The Morgan fingerprint density at radius 1 is 1.21 bits per heavy atom. The molecule has 19 heavy (non-hydrogen) atoms. The summed E-state index contributed by atoms with van der Waals surface area (Å²) in [6.45, 7) is 5.53. The highest BCUT2D eigenvalue weighted by atomic mass is 16.5. The van der Waals surface area contributed by atoms with E-state index < -0.39 is 0 Å². The van der Waals surface area contributed by atoms with Crippen molar-refractivity contribution < 1.29 is 14.2 Å². The molecule has 0 saturated carbocycles. The summed E-state index contributed by atoms with van der Waals surface area (Å²) in [5.41, 5.74) is 2.39. The highest BCUT2D eigenvalue weighted by Crippen LogP contribution is 2.25. The molecule has 1 rings (SSSR count). The predicted molar refractivity (Wildman–Crippen MR) is 76.8 cm³/mol. The van der Waals surface area contributed by atoms with Crippen molar-refractivity contribution in [3.63, 3.8) is 0 Å². The molecule has 0 heterocycles. The molecule has 0 amide bonds. The van der Waals surface area contributed by atoms with E-state index in [1.165, 1.54) is 5.56 Å². The van der Waals surface area contributed by atoms with Gasteiger partial charge >= 0.3 is 0 Å². The van der Waals surface area contributed by atoms with E-state index >= 15 is 0 Å². The lowest BCUT2D eigenvalue weighted by Crippen LogP contribution is -2.33. The molecule has 108 valence electrons. The number of aryl methyl sites for hydroxylation is 1. The lowest BCUT2D eigenvalue weighted by atomic mass is 10.0. The second kappa shape index (κ2) is 8.15. The maximum absolute atomic E-state index is 5.41. The molecule has 4 nitrogen and oxygen atoms in total. The molecule has 1 N–H and O–H groups in total. The van der Waals surface area contributed by atoms with Crippen molar-refractivity contribution in [3.8, 4) is 5.75 Å². The first kappa shape index (κ1) is 16.0. The van der Waals surface area contributed by atoms with Gasteiger partial charge in [-0.1, -0.05) is 17.7 Å². The first-order chi connectivity index (χ1) is 9.12. The summed E-state index contributed by atoms with van der Waals surface area (Å²) in [5, 5.41) is 3.45. The number of rotatable bonds is 8. The Balaban J connectivity index is 2.66. The predicted octanol–water partition coefficient (Wildman–Crippen LogP) is 2.32. The number of hydrogen-bond acceptors (Lipinski definition) is 4. The lowest BCUT2D eigenvalue weighted by molar-refractivity contribution is 0.0276. The van der Waals surface area contributed by atoms with Crippen LogP contribution < -0.4 is 10.1 Å². The van der Waals surface area contributed by atoms with E-state index in [2.05, 4.69) is 31.3 Å². The van der Waals surface area contributed by atoms with Gasteiger partial charge in [0.2, 0.25) is 0 Å². The van der Waals surface area contributed by atoms with Crippen LogP contribution in [-0.4, -0.2) is 40.6 Å². The monoisotopic (exact) mass is 267 g/mol. The van der Waals surface area contributed by atoms with Crippen LogP contribution in [0.2, 0.25) is 0 Å². The zero-order chi connectivity index (χ0) is 14.3. The average molecular weight is 267 g/mol. The van der Waals surface area contributed by atoms with E-state index in [0.717, 1.165) is 17.9 Å². The molecule has 2 unspecified atom stereocenters. The van der Waals surface area contributed by atoms with Crippen molar-refractivity contribution in [2.45, 2.75) is 26.0 Å². The van der Waals surface area contributed by atoms with Gasteiger partial charge in [-0.2, -0.15) is 0 Å². The second-order valence-electron chi connectivity index (χ2n) is 4.69. The van der Waals surface area contributed by atoms with Gasteiger partial charge in [0.15, 0.2) is 0 Å². The van der Waals surface area contributed by atoms with E-state index in [1.807, 2.05) is 6.07 Å². The van der Waals surface area contributed by atoms with E-state index in [-0.39, 0.29) is 12.1 Å². The summed E-state index contributed by atoms with van der Waals surface area (Å²) in [5.74, 6) is 0.909. The fraction of sp³-hybridized carbons (Fsp3) is 0.600. The highest BCUT2D eigenvalue weighted by molar-refractivity contribution is 5.38. The molecular formula is C15H25NO3. The fourth-order valence-corrected chi connectivity index (χ4v) is 2.01. The number of benzene rings is 1. The SMILES string of the molecule is COCC(CNC(C)c1cc(C)ccc1OC)OC. The molecule has 0 spiro atoms. The topological polar surface area (TPSA) is 39.7 Å². The minimum Gasteiger partial charge on any atom is -0.496 e. The Morgan fingerprint density at radius 3 is 2.53 bits per heavy atom. The van der Waals surface area contributed by atoms with Crippen LogP contribution in [0.15, 0.2) is 18.2 Å². The summed E-state index contributed by atoms with van der Waals surface area (Å²) < 4.78 is 15.9. The summed E-state index contributed by atoms with van der Waals surface area (Å²) in [7, 11) is 5.08. The van der Waals surface area contributed by atoms with Gasteiger partial charge in [0.25, 0.3) is 0 Å². The molecule has 0 aliphatic carbocycles. The van der Waals surface area contributed by atoms with E-state index in [0.29, 0.717) is 6.61 Å². The van der Waals surface area contributed by atoms with Crippen LogP contribution in [-0.2, 0) is 9.47 Å². The Hall–Kier alpha value is -1.10. The number of hydrogen-bond donors (Lipinski definition) is 1. The third kappa shape index (κ3) is 4.82. The number of methoxy groups -OCH3 is 3. The van der Waals surface area contributed by atoms with Gasteiger partial charge in [0, 0.05) is 32.4 Å². The maximum atomic E-state index is 5.41. The summed E-state index contributed by atoms with van der Waals surface area (Å²) >= 11 is 0. The zero-order valence-electron chi connectivity index (χ0n) is 12.5. The van der Waals surface area contributed by atoms with Crippen molar-refractivity contribution in [2.24, 2.45) is 0 Å². The van der Waals surface area contributed by atoms with Crippen LogP contribution in [0.4, 0.5) is 0 Å². The third-order valence-corrected chi connectivity index (χ3v) is 3.19. The number of nitrogens with one attached hydrogen (secondary N) is 1. The first-order valence-corrected chi connectivity index (χ1v) is 6.52. The van der Waals surface area contributed by atoms with Crippen LogP contribution >= 0.6 is 0 Å². The molecule has 0 aliphatic rings. The van der Waals surface area contributed by atoms with Crippen LogP contribution in [0.25, 0.3) is 0 Å². The van der Waals surface area contributed by atoms with Gasteiger partial charge in [-0.3, -0.25) is 0 Å². The largest absolute Gasteiger partial charge is 0.496 e. The molecule has 0 radical (unpaired) electrons. The molecule has 1 aromatic rings. The zero-order valence-corrected chi connectivity index (χ0v) is 12.5. The Kier molecular flexibility index (Phi) is 6.84. The van der Waals surface area contributed by atoms with Gasteiger partial charge in [0.1, 0.15) is 5.75 Å². The van der Waals surface area contributed by atoms with Crippen molar-refractivity contribution in [2.75, 3.05) is 34.5 Å². The standard InChI is InChI=1S/C15H25NO3/c1-11-6-7-15(19-5)14(8-11)12(2)16-9-13(18-4)10-17-3/h6-8,12-13,16H,9-10H2,1-5H3. The Labute approximate surface area is 116 Å². The second-order valence-corrected chi connectivity index (χ2v) is 4.69. The van der Waals surface area contributed by atoms with E-state index in [1.54, 1.807) is 21.3 Å². The van der Waals surface area contributed by atoms with Crippen molar-refractivity contribution in [3.05, 3.63) is 29.3 Å². The van der Waals surface area contributed by atoms with E-state index in [4.69, 9.17) is 14.2 Å². The van der Waals surface area contributed by atoms with Gasteiger partial charge in [-0.15, -0.1) is 0 Å². The normalized spacial score (nSPS) is 14.2. The molecule has 0 fully saturated rings. The van der Waals surface area contributed by atoms with Gasteiger partial charge < -0.3 is 19.5 Å². The van der Waals surface area contributed by atoms with Crippen LogP contribution in [0.5, 0.6) is 5.75 Å². The van der Waals surface area contributed by atoms with Crippen molar-refractivity contribution in [1.82, 2.24) is 5.32 Å². The van der Waals surface area contributed by atoms with Gasteiger partial charge in [-0.05, 0) is 19.9 Å². The first-order valence-electron chi connectivity index (χ1n) is 6.52. The van der Waals surface area contributed by atoms with Crippen LogP contribution in [0.3, 0.4) is 0 Å². The molecule has 0 saturated heterocycles. The quantitative estimate of drug-likeness (QED) is 0.784.